The molecule has 9 N–H and O–H groups in total. The van der Waals surface area contributed by atoms with Crippen molar-refractivity contribution >= 4 is 45.0 Å². The van der Waals surface area contributed by atoms with Crippen LogP contribution in [0.3, 0.4) is 0 Å². The third-order valence-corrected chi connectivity index (χ3v) is 7.41. The molecule has 0 saturated carbocycles. The van der Waals surface area contributed by atoms with Crippen LogP contribution in [0, 0.1) is 0 Å². The number of H-pyrrole nitrogens is 2. The van der Waals surface area contributed by atoms with E-state index in [2.05, 4.69) is 18.8 Å². The van der Waals surface area contributed by atoms with Gasteiger partial charge in [-0.15, -0.1) is 0 Å². The molecule has 4 heterocycles. The molecule has 0 radical (unpaired) electrons. The monoisotopic (exact) mass is 476 g/mol. The van der Waals surface area contributed by atoms with Crippen LogP contribution >= 0.6 is 27.6 Å². The number of hydrogen-bond acceptors (Lipinski definition) is 12. The smallest absolute Gasteiger partial charge is 0.387 e. The van der Waals surface area contributed by atoms with E-state index in [9.17, 15) is 29.0 Å². The number of anilines is 3. The first kappa shape index (κ1) is 21.0. The van der Waals surface area contributed by atoms with E-state index in [-0.39, 0.29) is 17.5 Å². The van der Waals surface area contributed by atoms with Gasteiger partial charge < -0.3 is 35.4 Å². The molecule has 1 aromatic rings. The van der Waals surface area contributed by atoms with Crippen LogP contribution in [0.2, 0.25) is 0 Å². The summed E-state index contributed by atoms with van der Waals surface area (Å²) in [6.45, 7) is -0.827. The molecule has 1 aromatic heterocycles. The first-order valence-electron chi connectivity index (χ1n) is 7.83. The number of phosphoric acid groups is 2. The number of nitrogens with two attached hydrogens (primary N) is 1. The van der Waals surface area contributed by atoms with Gasteiger partial charge >= 0.3 is 27.2 Å². The summed E-state index contributed by atoms with van der Waals surface area (Å²) in [5.74, 6) is 0.195. The van der Waals surface area contributed by atoms with Gasteiger partial charge in [0.05, 0.1) is 6.61 Å². The Bertz CT molecular complexity index is 987. The highest BCUT2D eigenvalue weighted by Crippen LogP contribution is 2.58. The average molecular weight is 476 g/mol. The van der Waals surface area contributed by atoms with E-state index < -0.39 is 57.8 Å². The normalized spacial score (nSPS) is 32.8. The lowest BCUT2D eigenvalue weighted by Gasteiger charge is -2.24. The van der Waals surface area contributed by atoms with Crippen LogP contribution in [0.15, 0.2) is 4.79 Å². The zero-order valence-electron chi connectivity index (χ0n) is 14.1. The lowest BCUT2D eigenvalue weighted by Crippen LogP contribution is -2.47. The Morgan fingerprint density at radius 2 is 1.97 bits per heavy atom. The Balaban J connectivity index is 1.50. The summed E-state index contributed by atoms with van der Waals surface area (Å²) in [6.07, 6.45) is -5.65. The van der Waals surface area contributed by atoms with Crippen molar-refractivity contribution in [1.29, 1.82) is 0 Å². The summed E-state index contributed by atoms with van der Waals surface area (Å²) >= 11 is 1.25. The van der Waals surface area contributed by atoms with Crippen molar-refractivity contribution in [3.8, 4) is 0 Å². The van der Waals surface area contributed by atoms with Crippen LogP contribution in [0.5, 0.6) is 0 Å². The zero-order valence-corrected chi connectivity index (χ0v) is 16.7. The van der Waals surface area contributed by atoms with Crippen molar-refractivity contribution in [1.82, 2.24) is 4.98 Å². The molecule has 0 amide bonds. The summed E-state index contributed by atoms with van der Waals surface area (Å²) in [5.41, 5.74) is 4.97. The Morgan fingerprint density at radius 1 is 1.28 bits per heavy atom. The van der Waals surface area contributed by atoms with Gasteiger partial charge in [-0.1, -0.05) is 0 Å². The molecule has 1 unspecified atom stereocenters. The molecule has 2 saturated heterocycles. The Morgan fingerprint density at radius 3 is 2.62 bits per heavy atom. The Hall–Kier alpha value is -1.23. The number of nitrogens with one attached hydrogen (secondary N) is 2. The van der Waals surface area contributed by atoms with E-state index >= 15 is 0 Å². The van der Waals surface area contributed by atoms with Crippen molar-refractivity contribution < 1.29 is 52.6 Å². The number of phosphoric ester groups is 1. The molecule has 3 aliphatic rings. The fourth-order valence-electron chi connectivity index (χ4n) is 3.09. The number of aliphatic hydroxyl groups is 2. The standard InChI is InChI=1S/C10H15N5O11P2S/c11-9-12-6-3(7(18)13-9)15-10(29-15)14(6)8-5(17)4(16)2(25-8)1-24-28(22,23)26-27(19,20)21/h2,4-5,8,10,16-17H,1H2,(H,22,23)(H2,19,20,21)(H3,11,12,13,18)/p+1/t2-,4-,5-,8-,10+,15?/m1/s1. The molecule has 162 valence electrons. The first-order chi connectivity index (χ1) is 13.4. The molecule has 0 aromatic carbocycles. The van der Waals surface area contributed by atoms with Crippen molar-refractivity contribution in [2.45, 2.75) is 30.0 Å². The highest BCUT2D eigenvalue weighted by molar-refractivity contribution is 8.08. The van der Waals surface area contributed by atoms with Gasteiger partial charge in [-0.25, -0.2) is 24.0 Å². The number of nitrogen functional groups attached to an aromatic ring is 1. The van der Waals surface area contributed by atoms with Crippen LogP contribution in [-0.2, 0) is 22.7 Å². The number of hydrogen-bond donors (Lipinski definition) is 7. The van der Waals surface area contributed by atoms with Crippen LogP contribution < -0.4 is 25.5 Å². The molecule has 0 spiro atoms. The number of aromatic nitrogens is 2. The first-order valence-corrected chi connectivity index (χ1v) is 11.7. The van der Waals surface area contributed by atoms with E-state index in [1.165, 1.54) is 16.8 Å². The van der Waals surface area contributed by atoms with E-state index in [4.69, 9.17) is 20.3 Å². The van der Waals surface area contributed by atoms with Gasteiger partial charge in [-0.2, -0.15) is 4.31 Å². The minimum atomic E-state index is -5.31. The highest BCUT2D eigenvalue weighted by Gasteiger charge is 2.62. The molecule has 4 rings (SSSR count). The SMILES string of the molecule is Nc1[nH]c(=O)c2c([nH+]1)N([C@@H]1O[C@H](COP(=O)(O)OP(=O)(O)O)[C@@H](O)[C@H]1O)[C@@H]1SN21. The summed E-state index contributed by atoms with van der Waals surface area (Å²) < 4.78 is 37.5. The van der Waals surface area contributed by atoms with Crippen LogP contribution in [0.25, 0.3) is 0 Å². The minimum absolute atomic E-state index is 0.0463. The second kappa shape index (κ2) is 6.90. The molecule has 6 atom stereocenters. The predicted octanol–water partition coefficient (Wildman–Crippen LogP) is -2.98. The van der Waals surface area contributed by atoms with Crippen molar-refractivity contribution in [2.24, 2.45) is 0 Å². The number of fused-ring (bicyclic) bond motifs is 3. The zero-order chi connectivity index (χ0) is 21.3. The van der Waals surface area contributed by atoms with Crippen molar-refractivity contribution in [3.05, 3.63) is 10.4 Å². The van der Waals surface area contributed by atoms with Gasteiger partial charge in [0.1, 0.15) is 18.3 Å². The van der Waals surface area contributed by atoms with Crippen molar-refractivity contribution in [3.63, 3.8) is 0 Å². The average Bonchev–Trinajstić information content (AvgIpc) is 3.19. The highest BCUT2D eigenvalue weighted by atomic mass is 32.2. The van der Waals surface area contributed by atoms with Crippen LogP contribution in [0.4, 0.5) is 17.5 Å². The number of rotatable bonds is 6. The topological polar surface area (TPSA) is 242 Å². The summed E-state index contributed by atoms with van der Waals surface area (Å²) in [7, 11) is -10.5. The van der Waals surface area contributed by atoms with Crippen LogP contribution in [0.1, 0.15) is 0 Å². The quantitative estimate of drug-likeness (QED) is 0.123. The maximum Gasteiger partial charge on any atom is 0.481 e. The maximum absolute atomic E-state index is 12.1. The second-order valence-electron chi connectivity index (χ2n) is 6.24. The number of aliphatic hydroxyl groups excluding tert-OH is 2. The second-order valence-corrected chi connectivity index (χ2v) is 10.1. The third-order valence-electron chi connectivity index (χ3n) is 4.24. The predicted molar refractivity (Wildman–Crippen MR) is 93.9 cm³/mol. The summed E-state index contributed by atoms with van der Waals surface area (Å²) in [4.78, 5) is 45.2. The number of nitrogens with zero attached hydrogens (tertiary/aromatic N) is 2. The molecular weight excluding hydrogens is 460 g/mol. The summed E-state index contributed by atoms with van der Waals surface area (Å²) in [6, 6.07) is 0. The number of ether oxygens (including phenoxy) is 1. The third kappa shape index (κ3) is 3.92. The van der Waals surface area contributed by atoms with Crippen LogP contribution in [-0.4, -0.2) is 66.5 Å². The number of aromatic amines is 2. The minimum Gasteiger partial charge on any atom is -0.387 e. The van der Waals surface area contributed by atoms with Gasteiger partial charge in [0.25, 0.3) is 0 Å². The van der Waals surface area contributed by atoms with E-state index in [1.54, 1.807) is 4.31 Å². The van der Waals surface area contributed by atoms with E-state index in [1.807, 2.05) is 0 Å². The fourth-order valence-corrected chi connectivity index (χ4v) is 5.64. The van der Waals surface area contributed by atoms with Gasteiger partial charge in [-0.3, -0.25) is 13.6 Å². The molecule has 29 heavy (non-hydrogen) atoms. The molecule has 0 aliphatic carbocycles. The Kier molecular flexibility index (Phi) is 5.00. The summed E-state index contributed by atoms with van der Waals surface area (Å²) in [5, 5.41) is 20.6. The molecule has 0 bridgehead atoms. The molecule has 2 fully saturated rings. The Labute approximate surface area is 165 Å². The van der Waals surface area contributed by atoms with Gasteiger partial charge in [-0.05, 0) is 0 Å². The molecular formula is C10H16N5O11P2S+. The van der Waals surface area contributed by atoms with Gasteiger partial charge in [0.2, 0.25) is 11.3 Å². The molecule has 3 aliphatic heterocycles. The van der Waals surface area contributed by atoms with Gasteiger partial charge in [0, 0.05) is 11.9 Å². The van der Waals surface area contributed by atoms with Gasteiger partial charge in [0.15, 0.2) is 11.9 Å². The molecule has 16 nitrogen and oxygen atoms in total. The van der Waals surface area contributed by atoms with E-state index in [0.717, 1.165) is 0 Å². The fraction of sp³-hybridized carbons (Fsp3) is 0.600. The lowest BCUT2D eigenvalue weighted by molar-refractivity contribution is -0.350. The lowest BCUT2D eigenvalue weighted by atomic mass is 10.1. The molecule has 19 heteroatoms. The van der Waals surface area contributed by atoms with Crippen molar-refractivity contribution in [2.75, 3.05) is 21.5 Å². The largest absolute Gasteiger partial charge is 0.481 e. The maximum atomic E-state index is 12.1. The van der Waals surface area contributed by atoms with E-state index in [0.29, 0.717) is 0 Å².